The molecule has 3 N–H and O–H groups in total. The summed E-state index contributed by atoms with van der Waals surface area (Å²) in [6.07, 6.45) is -5.07. The Morgan fingerprint density at radius 1 is 1.37 bits per heavy atom. The first kappa shape index (κ1) is 23.2. The number of hydrogen-bond acceptors (Lipinski definition) is 7. The average Bonchev–Trinajstić information content (AvgIpc) is 2.97. The van der Waals surface area contributed by atoms with Crippen molar-refractivity contribution in [2.45, 2.75) is 18.8 Å². The van der Waals surface area contributed by atoms with E-state index in [4.69, 9.17) is 4.74 Å². The van der Waals surface area contributed by atoms with E-state index in [-0.39, 0.29) is 47.6 Å². The molecule has 0 aliphatic carbocycles. The summed E-state index contributed by atoms with van der Waals surface area (Å²) >= 11 is 0. The second-order valence-electron chi connectivity index (χ2n) is 5.91. The van der Waals surface area contributed by atoms with Gasteiger partial charge in [0.2, 0.25) is 0 Å². The second kappa shape index (κ2) is 9.93. The average molecular weight is 416 g/mol. The van der Waals surface area contributed by atoms with Crippen LogP contribution in [0.15, 0.2) is 12.1 Å². The minimum atomic E-state index is -4.57. The van der Waals surface area contributed by atoms with Crippen LogP contribution in [0.25, 0.3) is 0 Å². The van der Waals surface area contributed by atoms with Crippen molar-refractivity contribution in [3.63, 3.8) is 0 Å². The fraction of sp³-hybridized carbons (Fsp3) is 0.600. The molecule has 1 aliphatic heterocycles. The molecule has 12 heteroatoms. The molecular formula is C15H21ClF3N3O5. The molecule has 1 heterocycles. The first-order chi connectivity index (χ1) is 12.2. The van der Waals surface area contributed by atoms with Crippen LogP contribution in [0.1, 0.15) is 5.56 Å². The second-order valence-corrected chi connectivity index (χ2v) is 5.91. The zero-order chi connectivity index (χ0) is 19.3. The van der Waals surface area contributed by atoms with Gasteiger partial charge in [0.05, 0.1) is 24.2 Å². The van der Waals surface area contributed by atoms with Crippen LogP contribution in [0, 0.1) is 16.0 Å². The first-order valence-corrected chi connectivity index (χ1v) is 7.85. The molecule has 0 saturated carbocycles. The maximum absolute atomic E-state index is 12.3. The number of methoxy groups -OCH3 is 1. The highest BCUT2D eigenvalue weighted by atomic mass is 35.5. The van der Waals surface area contributed by atoms with Crippen molar-refractivity contribution >= 4 is 18.1 Å². The molecule has 1 fully saturated rings. The minimum Gasteiger partial charge on any atom is -0.493 e. The summed E-state index contributed by atoms with van der Waals surface area (Å²) in [4.78, 5) is 10.6. The zero-order valence-corrected chi connectivity index (χ0v) is 15.2. The monoisotopic (exact) mass is 415 g/mol. The van der Waals surface area contributed by atoms with E-state index in [1.807, 2.05) is 0 Å². The lowest BCUT2D eigenvalue weighted by atomic mass is 10.1. The summed E-state index contributed by atoms with van der Waals surface area (Å²) < 4.78 is 46.6. The van der Waals surface area contributed by atoms with E-state index in [1.54, 1.807) is 0 Å². The lowest BCUT2D eigenvalue weighted by Crippen LogP contribution is -2.30. The van der Waals surface area contributed by atoms with Gasteiger partial charge in [-0.2, -0.15) is 13.2 Å². The van der Waals surface area contributed by atoms with Gasteiger partial charge >= 0.3 is 6.18 Å². The van der Waals surface area contributed by atoms with Gasteiger partial charge in [-0.1, -0.05) is 0 Å². The fourth-order valence-electron chi connectivity index (χ4n) is 2.65. The molecule has 0 radical (unpaired) electrons. The molecule has 1 aliphatic rings. The molecule has 2 rings (SSSR count). The Kier molecular flexibility index (Phi) is 8.54. The number of alkyl halides is 3. The smallest absolute Gasteiger partial charge is 0.422 e. The number of aliphatic hydroxyl groups is 1. The van der Waals surface area contributed by atoms with E-state index in [0.29, 0.717) is 19.6 Å². The van der Waals surface area contributed by atoms with Gasteiger partial charge in [-0.05, 0) is 6.07 Å². The van der Waals surface area contributed by atoms with Crippen molar-refractivity contribution < 1.29 is 32.7 Å². The third-order valence-corrected chi connectivity index (χ3v) is 3.98. The highest BCUT2D eigenvalue weighted by Crippen LogP contribution is 2.35. The molecular weight excluding hydrogens is 395 g/mol. The summed E-state index contributed by atoms with van der Waals surface area (Å²) in [6, 6.07) is 2.20. The number of halogens is 4. The van der Waals surface area contributed by atoms with Gasteiger partial charge in [0, 0.05) is 37.7 Å². The van der Waals surface area contributed by atoms with Crippen molar-refractivity contribution in [2.75, 3.05) is 33.4 Å². The summed E-state index contributed by atoms with van der Waals surface area (Å²) in [5, 5.41) is 27.0. The number of aliphatic hydroxyl groups excluding tert-OH is 1. The number of benzene rings is 1. The summed E-state index contributed by atoms with van der Waals surface area (Å²) in [7, 11) is 1.24. The van der Waals surface area contributed by atoms with E-state index in [0.717, 1.165) is 6.07 Å². The number of nitrogens with zero attached hydrogens (tertiary/aromatic N) is 1. The minimum absolute atomic E-state index is 0. The Bertz CT molecular complexity index is 648. The summed E-state index contributed by atoms with van der Waals surface area (Å²) in [6.45, 7) is 0.0649. The Balaban J connectivity index is 0.00000364. The van der Waals surface area contributed by atoms with Gasteiger partial charge in [0.1, 0.15) is 0 Å². The largest absolute Gasteiger partial charge is 0.493 e. The molecule has 154 valence electrons. The Morgan fingerprint density at radius 2 is 2.07 bits per heavy atom. The van der Waals surface area contributed by atoms with E-state index >= 15 is 0 Å². The van der Waals surface area contributed by atoms with Crippen LogP contribution < -0.4 is 20.1 Å². The molecule has 0 amide bonds. The van der Waals surface area contributed by atoms with Gasteiger partial charge in [-0.3, -0.25) is 10.1 Å². The number of nitro benzene ring substituents is 1. The van der Waals surface area contributed by atoms with Crippen molar-refractivity contribution in [3.05, 3.63) is 27.8 Å². The molecule has 8 nitrogen and oxygen atoms in total. The normalized spacial score (nSPS) is 19.4. The summed E-state index contributed by atoms with van der Waals surface area (Å²) in [5.74, 6) is -0.403. The van der Waals surface area contributed by atoms with Crippen LogP contribution in [0.5, 0.6) is 11.5 Å². The predicted octanol–water partition coefficient (Wildman–Crippen LogP) is 1.64. The number of ether oxygens (including phenoxy) is 2. The number of nitrogens with one attached hydrogen (secondary N) is 2. The quantitative estimate of drug-likeness (QED) is 0.437. The number of hydrogen-bond donors (Lipinski definition) is 3. The van der Waals surface area contributed by atoms with Crippen LogP contribution in [-0.4, -0.2) is 55.7 Å². The fourth-order valence-corrected chi connectivity index (χ4v) is 2.65. The standard InChI is InChI=1S/C15H20F3N3O5.ClH/c1-25-13-2-9(4-19-5-10-6-20-7-12(10)22)11(21(23)24)3-14(13)26-8-15(16,17)18;/h2-3,10,12,19-20,22H,4-8H2,1H3;1H. The van der Waals surface area contributed by atoms with E-state index in [9.17, 15) is 28.4 Å². The van der Waals surface area contributed by atoms with E-state index in [2.05, 4.69) is 15.4 Å². The van der Waals surface area contributed by atoms with Crippen LogP contribution in [-0.2, 0) is 6.54 Å². The van der Waals surface area contributed by atoms with Gasteiger partial charge in [0.15, 0.2) is 18.1 Å². The SMILES string of the molecule is COc1cc(CNCC2CNCC2O)c([N+](=O)[O-])cc1OCC(F)(F)F.Cl. The van der Waals surface area contributed by atoms with Crippen LogP contribution in [0.4, 0.5) is 18.9 Å². The van der Waals surface area contributed by atoms with Crippen molar-refractivity contribution in [1.82, 2.24) is 10.6 Å². The third kappa shape index (κ3) is 6.69. The molecule has 0 bridgehead atoms. The molecule has 1 saturated heterocycles. The van der Waals surface area contributed by atoms with E-state index < -0.39 is 23.8 Å². The van der Waals surface area contributed by atoms with Crippen molar-refractivity contribution in [1.29, 1.82) is 0 Å². The highest BCUT2D eigenvalue weighted by Gasteiger charge is 2.30. The lowest BCUT2D eigenvalue weighted by Gasteiger charge is -2.16. The molecule has 27 heavy (non-hydrogen) atoms. The molecule has 0 spiro atoms. The first-order valence-electron chi connectivity index (χ1n) is 7.85. The Morgan fingerprint density at radius 3 is 2.59 bits per heavy atom. The van der Waals surface area contributed by atoms with Gasteiger partial charge < -0.3 is 25.2 Å². The van der Waals surface area contributed by atoms with Gasteiger partial charge in [-0.25, -0.2) is 0 Å². The van der Waals surface area contributed by atoms with Crippen molar-refractivity contribution in [2.24, 2.45) is 5.92 Å². The van der Waals surface area contributed by atoms with Crippen LogP contribution >= 0.6 is 12.4 Å². The van der Waals surface area contributed by atoms with E-state index in [1.165, 1.54) is 13.2 Å². The molecule has 2 unspecified atom stereocenters. The van der Waals surface area contributed by atoms with Crippen LogP contribution in [0.2, 0.25) is 0 Å². The third-order valence-electron chi connectivity index (χ3n) is 3.98. The molecule has 1 aromatic rings. The van der Waals surface area contributed by atoms with Gasteiger partial charge in [-0.15, -0.1) is 12.4 Å². The number of β-amino-alcohol motifs (C(OH)–C–C–N with tert-alkyl or cyclic N) is 1. The highest BCUT2D eigenvalue weighted by molar-refractivity contribution is 5.85. The molecule has 2 atom stereocenters. The lowest BCUT2D eigenvalue weighted by molar-refractivity contribution is -0.385. The molecule has 1 aromatic carbocycles. The maximum atomic E-state index is 12.3. The predicted molar refractivity (Wildman–Crippen MR) is 92.5 cm³/mol. The van der Waals surface area contributed by atoms with Crippen LogP contribution in [0.3, 0.4) is 0 Å². The summed E-state index contributed by atoms with van der Waals surface area (Å²) in [5.41, 5.74) is -0.132. The number of rotatable bonds is 8. The number of nitro groups is 1. The Hall–Kier alpha value is -1.82. The Labute approximate surface area is 159 Å². The maximum Gasteiger partial charge on any atom is 0.422 e. The topological polar surface area (TPSA) is 106 Å². The van der Waals surface area contributed by atoms with Gasteiger partial charge in [0.25, 0.3) is 5.69 Å². The molecule has 0 aromatic heterocycles. The van der Waals surface area contributed by atoms with Crippen molar-refractivity contribution in [3.8, 4) is 11.5 Å². The zero-order valence-electron chi connectivity index (χ0n) is 14.4.